The van der Waals surface area contributed by atoms with Crippen LogP contribution in [0, 0.1) is 0 Å². The van der Waals surface area contributed by atoms with Crippen molar-refractivity contribution in [1.82, 2.24) is 20.1 Å². The molecule has 1 heterocycles. The Balaban J connectivity index is 1.22. The van der Waals surface area contributed by atoms with Crippen LogP contribution in [0.5, 0.6) is 5.75 Å². The zero-order valence-electron chi connectivity index (χ0n) is 21.7. The molecule has 39 heavy (non-hydrogen) atoms. The van der Waals surface area contributed by atoms with Crippen LogP contribution in [0.3, 0.4) is 0 Å². The first-order valence-electron chi connectivity index (χ1n) is 12.7. The smallest absolute Gasteiger partial charge is 0.406 e. The topological polar surface area (TPSA) is 64.0 Å². The summed E-state index contributed by atoms with van der Waals surface area (Å²) in [4.78, 5) is 4.34. The van der Waals surface area contributed by atoms with Crippen LogP contribution in [0.25, 0.3) is 17.1 Å². The van der Waals surface area contributed by atoms with Crippen LogP contribution in [0.15, 0.2) is 79.1 Å². The Morgan fingerprint density at radius 2 is 1.69 bits per heavy atom. The largest absolute Gasteiger partial charge is 0.573 e. The fraction of sp³-hybridized carbons (Fsp3) is 0.276. The number of ether oxygens (including phenoxy) is 1. The molecule has 2 N–H and O–H groups in total. The lowest BCUT2D eigenvalue weighted by Crippen LogP contribution is -2.29. The third-order valence-corrected chi connectivity index (χ3v) is 6.29. The highest BCUT2D eigenvalue weighted by Gasteiger charge is 2.31. The molecule has 0 fully saturated rings. The van der Waals surface area contributed by atoms with E-state index in [0.717, 1.165) is 37.1 Å². The Bertz CT molecular complexity index is 1370. The molecule has 4 aromatic rings. The molecule has 0 radical (unpaired) electrons. The second-order valence-corrected chi connectivity index (χ2v) is 9.74. The number of nitrogens with one attached hydrogen (secondary N) is 2. The van der Waals surface area contributed by atoms with Crippen LogP contribution in [-0.4, -0.2) is 32.8 Å². The molecule has 0 saturated carbocycles. The maximum absolute atomic E-state index is 12.4. The quantitative estimate of drug-likeness (QED) is 0.159. The van der Waals surface area contributed by atoms with Gasteiger partial charge in [0.05, 0.1) is 5.69 Å². The molecule has 0 spiro atoms. The molecule has 10 heteroatoms. The lowest BCUT2D eigenvalue weighted by atomic mass is 10.0. The summed E-state index contributed by atoms with van der Waals surface area (Å²) in [5.41, 5.74) is 4.92. The molecular formula is C29H30F3N5OS. The van der Waals surface area contributed by atoms with E-state index in [2.05, 4.69) is 57.5 Å². The van der Waals surface area contributed by atoms with E-state index in [1.807, 2.05) is 30.3 Å². The number of aromatic nitrogens is 3. The van der Waals surface area contributed by atoms with E-state index < -0.39 is 6.36 Å². The van der Waals surface area contributed by atoms with Crippen molar-refractivity contribution in [2.45, 2.75) is 45.4 Å². The van der Waals surface area contributed by atoms with E-state index >= 15 is 0 Å². The van der Waals surface area contributed by atoms with Gasteiger partial charge in [0.2, 0.25) is 0 Å². The predicted octanol–water partition coefficient (Wildman–Crippen LogP) is 7.27. The maximum atomic E-state index is 12.4. The van der Waals surface area contributed by atoms with Crippen molar-refractivity contribution in [1.29, 1.82) is 0 Å². The number of alkyl halides is 3. The fourth-order valence-electron chi connectivity index (χ4n) is 4.08. The predicted molar refractivity (Wildman–Crippen MR) is 151 cm³/mol. The zero-order valence-corrected chi connectivity index (χ0v) is 22.5. The number of thiocarbonyl (C=S) groups is 1. The number of benzene rings is 3. The van der Waals surface area contributed by atoms with Gasteiger partial charge in [-0.1, -0.05) is 56.3 Å². The van der Waals surface area contributed by atoms with Gasteiger partial charge in [-0.15, -0.1) is 18.3 Å². The summed E-state index contributed by atoms with van der Waals surface area (Å²) in [5, 5.41) is 11.7. The molecule has 4 rings (SSSR count). The number of hydrogen-bond donors (Lipinski definition) is 2. The van der Waals surface area contributed by atoms with Crippen molar-refractivity contribution in [2.75, 3.05) is 11.9 Å². The van der Waals surface area contributed by atoms with E-state index in [4.69, 9.17) is 12.2 Å². The highest BCUT2D eigenvalue weighted by molar-refractivity contribution is 7.80. The van der Waals surface area contributed by atoms with E-state index in [1.54, 1.807) is 0 Å². The van der Waals surface area contributed by atoms with Crippen LogP contribution in [-0.2, 0) is 6.42 Å². The number of hydrogen-bond acceptors (Lipinski definition) is 4. The summed E-state index contributed by atoms with van der Waals surface area (Å²) in [6, 6.07) is 21.7. The SMILES string of the molecule is CC(C)c1ccccc1NC(=S)NCCCCc1ccc(-c2ncn(-c3ccc(OC(F)(F)F)cc3)n2)cc1. The van der Waals surface area contributed by atoms with Crippen molar-refractivity contribution in [3.05, 3.63) is 90.3 Å². The van der Waals surface area contributed by atoms with Gasteiger partial charge in [-0.25, -0.2) is 9.67 Å². The van der Waals surface area contributed by atoms with Crippen molar-refractivity contribution in [3.63, 3.8) is 0 Å². The molecule has 0 amide bonds. The lowest BCUT2D eigenvalue weighted by Gasteiger charge is -2.16. The molecule has 0 aliphatic heterocycles. The Labute approximate surface area is 231 Å². The van der Waals surface area contributed by atoms with E-state index in [1.165, 1.54) is 46.4 Å². The van der Waals surface area contributed by atoms with Gasteiger partial charge in [-0.05, 0) is 78.9 Å². The van der Waals surface area contributed by atoms with Crippen LogP contribution >= 0.6 is 12.2 Å². The van der Waals surface area contributed by atoms with Gasteiger partial charge in [0.1, 0.15) is 12.1 Å². The summed E-state index contributed by atoms with van der Waals surface area (Å²) < 4.78 is 42.5. The molecule has 0 saturated heterocycles. The van der Waals surface area contributed by atoms with E-state index in [0.29, 0.717) is 22.5 Å². The summed E-state index contributed by atoms with van der Waals surface area (Å²) in [6.07, 6.45) is -0.272. The second kappa shape index (κ2) is 12.8. The van der Waals surface area contributed by atoms with Crippen molar-refractivity contribution < 1.29 is 17.9 Å². The average molecular weight is 554 g/mol. The summed E-state index contributed by atoms with van der Waals surface area (Å²) in [7, 11) is 0. The maximum Gasteiger partial charge on any atom is 0.573 e. The highest BCUT2D eigenvalue weighted by atomic mass is 32.1. The highest BCUT2D eigenvalue weighted by Crippen LogP contribution is 2.25. The zero-order chi connectivity index (χ0) is 27.8. The molecule has 0 unspecified atom stereocenters. The Kier molecular flexibility index (Phi) is 9.19. The van der Waals surface area contributed by atoms with Crippen molar-refractivity contribution in [3.8, 4) is 22.8 Å². The standard InChI is InChI=1S/C29H30F3N5OS/c1-20(2)25-8-3-4-9-26(25)35-28(39)33-18-6-5-7-21-10-12-22(13-11-21)27-34-19-37(36-27)23-14-16-24(17-15-23)38-29(30,31)32/h3-4,8-17,19-20H,5-7,18H2,1-2H3,(H2,33,35,39). The Morgan fingerprint density at radius 3 is 2.38 bits per heavy atom. The van der Waals surface area contributed by atoms with Crippen LogP contribution in [0.2, 0.25) is 0 Å². The number of para-hydroxylation sites is 1. The van der Waals surface area contributed by atoms with Gasteiger partial charge in [-0.2, -0.15) is 0 Å². The van der Waals surface area contributed by atoms with Gasteiger partial charge in [0.25, 0.3) is 0 Å². The summed E-state index contributed by atoms with van der Waals surface area (Å²) >= 11 is 5.46. The molecule has 1 aromatic heterocycles. The number of rotatable bonds is 10. The molecule has 6 nitrogen and oxygen atoms in total. The normalized spacial score (nSPS) is 11.4. The lowest BCUT2D eigenvalue weighted by molar-refractivity contribution is -0.274. The van der Waals surface area contributed by atoms with E-state index in [9.17, 15) is 13.2 Å². The van der Waals surface area contributed by atoms with Gasteiger partial charge in [-0.3, -0.25) is 0 Å². The molecule has 3 aromatic carbocycles. The number of halogens is 3. The van der Waals surface area contributed by atoms with Gasteiger partial charge < -0.3 is 15.4 Å². The van der Waals surface area contributed by atoms with Crippen molar-refractivity contribution >= 4 is 23.0 Å². The monoisotopic (exact) mass is 553 g/mol. The van der Waals surface area contributed by atoms with Crippen LogP contribution < -0.4 is 15.4 Å². The summed E-state index contributed by atoms with van der Waals surface area (Å²) in [5.74, 6) is 0.656. The third kappa shape index (κ3) is 8.28. The van der Waals surface area contributed by atoms with Crippen LogP contribution in [0.4, 0.5) is 18.9 Å². The average Bonchev–Trinajstić information content (AvgIpc) is 3.39. The molecule has 0 aliphatic carbocycles. The number of unbranched alkanes of at least 4 members (excludes halogenated alkanes) is 1. The summed E-state index contributed by atoms with van der Waals surface area (Å²) in [6.45, 7) is 5.11. The first-order valence-corrected chi connectivity index (χ1v) is 13.1. The Morgan fingerprint density at radius 1 is 0.974 bits per heavy atom. The third-order valence-electron chi connectivity index (χ3n) is 6.05. The Hall–Kier alpha value is -3.92. The minimum atomic E-state index is -4.73. The van der Waals surface area contributed by atoms with Gasteiger partial charge >= 0.3 is 6.36 Å². The van der Waals surface area contributed by atoms with Crippen LogP contribution in [0.1, 0.15) is 43.7 Å². The first-order chi connectivity index (χ1) is 18.7. The molecule has 0 atom stereocenters. The molecular weight excluding hydrogens is 523 g/mol. The number of anilines is 1. The van der Waals surface area contributed by atoms with Gasteiger partial charge in [0.15, 0.2) is 10.9 Å². The minimum absolute atomic E-state index is 0.287. The second-order valence-electron chi connectivity index (χ2n) is 9.33. The molecule has 0 aliphatic rings. The van der Waals surface area contributed by atoms with Gasteiger partial charge in [0, 0.05) is 17.8 Å². The van der Waals surface area contributed by atoms with E-state index in [-0.39, 0.29) is 5.75 Å². The fourth-order valence-corrected chi connectivity index (χ4v) is 4.29. The molecule has 204 valence electrons. The van der Waals surface area contributed by atoms with Crippen molar-refractivity contribution in [2.24, 2.45) is 0 Å². The number of nitrogens with zero attached hydrogens (tertiary/aromatic N) is 3. The minimum Gasteiger partial charge on any atom is -0.406 e. The molecule has 0 bridgehead atoms. The first kappa shape index (κ1) is 28.1. The number of aryl methyl sites for hydroxylation is 1.